The number of aromatic nitrogens is 5. The van der Waals surface area contributed by atoms with Crippen molar-refractivity contribution in [2.24, 2.45) is 0 Å². The molecule has 1 aliphatic rings. The number of benzene rings is 1. The van der Waals surface area contributed by atoms with Crippen LogP contribution in [0.2, 0.25) is 0 Å². The Morgan fingerprint density at radius 3 is 2.57 bits per heavy atom. The van der Waals surface area contributed by atoms with Crippen LogP contribution in [0.4, 0.5) is 17.8 Å². The van der Waals surface area contributed by atoms with Gasteiger partial charge in [-0.2, -0.15) is 15.0 Å². The first-order valence-corrected chi connectivity index (χ1v) is 9.88. The van der Waals surface area contributed by atoms with Gasteiger partial charge in [0.25, 0.3) is 5.56 Å². The molecule has 3 heterocycles. The average Bonchev–Trinajstić information content (AvgIpc) is 2.76. The van der Waals surface area contributed by atoms with Crippen molar-refractivity contribution in [3.63, 3.8) is 0 Å². The van der Waals surface area contributed by atoms with Gasteiger partial charge in [-0.25, -0.2) is 4.98 Å². The Balaban J connectivity index is 1.52. The quantitative estimate of drug-likeness (QED) is 0.630. The van der Waals surface area contributed by atoms with Crippen LogP contribution in [0.1, 0.15) is 12.7 Å². The molecule has 3 aromatic rings. The van der Waals surface area contributed by atoms with Crippen LogP contribution in [0.15, 0.2) is 41.3 Å². The summed E-state index contributed by atoms with van der Waals surface area (Å²) in [4.78, 5) is 37.2. The van der Waals surface area contributed by atoms with E-state index in [1.54, 1.807) is 12.1 Å². The molecule has 10 nitrogen and oxygen atoms in total. The van der Waals surface area contributed by atoms with Crippen LogP contribution in [0.3, 0.4) is 0 Å². The molecule has 1 fully saturated rings. The van der Waals surface area contributed by atoms with Gasteiger partial charge in [0.1, 0.15) is 11.6 Å². The Labute approximate surface area is 174 Å². The number of hydrogen-bond acceptors (Lipinski definition) is 9. The maximum absolute atomic E-state index is 12.4. The first-order valence-electron chi connectivity index (χ1n) is 9.88. The Morgan fingerprint density at radius 2 is 1.87 bits per heavy atom. The number of ether oxygens (including phenoxy) is 1. The van der Waals surface area contributed by atoms with Gasteiger partial charge in [0, 0.05) is 32.6 Å². The standard InChI is InChI=1S/C20H24N8O2/c1-3-16-22-19(26-20(23-16)28-11-9-27(2)10-12-28)25-18-21-13-15(17(29)24-18)30-14-7-5-4-6-8-14/h4-8,13H,3,9-12H2,1-2H3,(H2,21,22,23,24,25,26,29). The van der Waals surface area contributed by atoms with E-state index < -0.39 is 5.56 Å². The van der Waals surface area contributed by atoms with Crippen molar-refractivity contribution in [3.8, 4) is 11.5 Å². The molecule has 1 aliphatic heterocycles. The normalized spacial score (nSPS) is 14.5. The molecule has 2 aromatic heterocycles. The smallest absolute Gasteiger partial charge is 0.295 e. The lowest BCUT2D eigenvalue weighted by Gasteiger charge is -2.32. The van der Waals surface area contributed by atoms with Crippen LogP contribution in [0, 0.1) is 0 Å². The third kappa shape index (κ3) is 4.71. The van der Waals surface area contributed by atoms with E-state index in [0.29, 0.717) is 29.9 Å². The summed E-state index contributed by atoms with van der Waals surface area (Å²) in [5.74, 6) is 2.55. The van der Waals surface area contributed by atoms with E-state index in [4.69, 9.17) is 4.74 Å². The van der Waals surface area contributed by atoms with E-state index in [9.17, 15) is 4.79 Å². The molecule has 156 valence electrons. The van der Waals surface area contributed by atoms with Gasteiger partial charge in [0.05, 0.1) is 6.20 Å². The highest BCUT2D eigenvalue weighted by Gasteiger charge is 2.18. The Morgan fingerprint density at radius 1 is 1.10 bits per heavy atom. The molecule has 0 amide bonds. The lowest BCUT2D eigenvalue weighted by Crippen LogP contribution is -2.45. The number of aryl methyl sites for hydroxylation is 1. The van der Waals surface area contributed by atoms with Crippen LogP contribution in [0.5, 0.6) is 11.5 Å². The molecule has 0 spiro atoms. The molecule has 0 unspecified atom stereocenters. The highest BCUT2D eigenvalue weighted by atomic mass is 16.5. The monoisotopic (exact) mass is 408 g/mol. The largest absolute Gasteiger partial charge is 0.450 e. The first kappa shape index (κ1) is 19.8. The second-order valence-corrected chi connectivity index (χ2v) is 6.98. The number of H-pyrrole nitrogens is 1. The highest BCUT2D eigenvalue weighted by Crippen LogP contribution is 2.18. The predicted octanol–water partition coefficient (Wildman–Crippen LogP) is 1.80. The SMILES string of the molecule is CCc1nc(Nc2ncc(Oc3ccccc3)c(=O)[nH]2)nc(N2CCN(C)CC2)n1. The molecule has 30 heavy (non-hydrogen) atoms. The van der Waals surface area contributed by atoms with E-state index in [2.05, 4.69) is 47.1 Å². The van der Waals surface area contributed by atoms with Crippen molar-refractivity contribution in [1.82, 2.24) is 29.8 Å². The van der Waals surface area contributed by atoms with E-state index in [1.165, 1.54) is 6.20 Å². The maximum atomic E-state index is 12.4. The average molecular weight is 408 g/mol. The van der Waals surface area contributed by atoms with Crippen LogP contribution in [-0.2, 0) is 6.42 Å². The third-order valence-electron chi connectivity index (χ3n) is 4.74. The van der Waals surface area contributed by atoms with Crippen LogP contribution in [-0.4, -0.2) is 63.0 Å². The number of likely N-dealkylation sites (N-methyl/N-ethyl adjacent to an activating group) is 1. The van der Waals surface area contributed by atoms with Crippen LogP contribution < -0.4 is 20.5 Å². The number of aromatic amines is 1. The molecule has 4 rings (SSSR count). The zero-order valence-corrected chi connectivity index (χ0v) is 17.0. The molecule has 0 radical (unpaired) electrons. The van der Waals surface area contributed by atoms with Gasteiger partial charge in [0.15, 0.2) is 0 Å². The summed E-state index contributed by atoms with van der Waals surface area (Å²) in [7, 11) is 2.10. The number of para-hydroxylation sites is 1. The van der Waals surface area contributed by atoms with E-state index in [1.807, 2.05) is 25.1 Å². The summed E-state index contributed by atoms with van der Waals surface area (Å²) in [6, 6.07) is 9.07. The molecule has 10 heteroatoms. The first-order chi connectivity index (χ1) is 14.6. The molecule has 0 bridgehead atoms. The molecule has 2 N–H and O–H groups in total. The van der Waals surface area contributed by atoms with Crippen molar-refractivity contribution in [2.75, 3.05) is 43.4 Å². The summed E-state index contributed by atoms with van der Waals surface area (Å²) in [5, 5.41) is 2.98. The molecule has 0 saturated carbocycles. The van der Waals surface area contributed by atoms with Crippen molar-refractivity contribution in [2.45, 2.75) is 13.3 Å². The van der Waals surface area contributed by atoms with E-state index in [-0.39, 0.29) is 11.7 Å². The molecular formula is C20H24N8O2. The fourth-order valence-corrected chi connectivity index (χ4v) is 3.01. The Hall–Kier alpha value is -3.53. The predicted molar refractivity (Wildman–Crippen MR) is 114 cm³/mol. The molecule has 0 aliphatic carbocycles. The fourth-order valence-electron chi connectivity index (χ4n) is 3.01. The van der Waals surface area contributed by atoms with Crippen molar-refractivity contribution in [1.29, 1.82) is 0 Å². The lowest BCUT2D eigenvalue weighted by molar-refractivity contribution is 0.311. The van der Waals surface area contributed by atoms with E-state index >= 15 is 0 Å². The number of piperazine rings is 1. The van der Waals surface area contributed by atoms with Gasteiger partial charge >= 0.3 is 0 Å². The van der Waals surface area contributed by atoms with Crippen LogP contribution in [0.25, 0.3) is 0 Å². The fraction of sp³-hybridized carbons (Fsp3) is 0.350. The van der Waals surface area contributed by atoms with Crippen molar-refractivity contribution >= 4 is 17.8 Å². The van der Waals surface area contributed by atoms with Gasteiger partial charge in [-0.15, -0.1) is 0 Å². The number of anilines is 3. The minimum absolute atomic E-state index is 0.106. The highest BCUT2D eigenvalue weighted by molar-refractivity contribution is 5.46. The number of nitrogens with zero attached hydrogens (tertiary/aromatic N) is 6. The summed E-state index contributed by atoms with van der Waals surface area (Å²) in [6.07, 6.45) is 2.04. The lowest BCUT2D eigenvalue weighted by atomic mass is 10.3. The van der Waals surface area contributed by atoms with Crippen LogP contribution >= 0.6 is 0 Å². The molecule has 1 aromatic carbocycles. The van der Waals surface area contributed by atoms with Gasteiger partial charge in [0.2, 0.25) is 23.6 Å². The van der Waals surface area contributed by atoms with Gasteiger partial charge in [-0.05, 0) is 19.2 Å². The number of rotatable bonds is 6. The van der Waals surface area contributed by atoms with Crippen molar-refractivity contribution < 1.29 is 4.74 Å². The summed E-state index contributed by atoms with van der Waals surface area (Å²) in [6.45, 7) is 5.59. The third-order valence-corrected chi connectivity index (χ3v) is 4.74. The summed E-state index contributed by atoms with van der Waals surface area (Å²) in [5.41, 5.74) is -0.402. The Bertz CT molecular complexity index is 1050. The topological polar surface area (TPSA) is 112 Å². The molecule has 1 saturated heterocycles. The van der Waals surface area contributed by atoms with E-state index in [0.717, 1.165) is 26.2 Å². The second kappa shape index (κ2) is 8.87. The maximum Gasteiger partial charge on any atom is 0.295 e. The van der Waals surface area contributed by atoms with Gasteiger partial charge in [-0.3, -0.25) is 15.1 Å². The zero-order chi connectivity index (χ0) is 20.9. The molecular weight excluding hydrogens is 384 g/mol. The summed E-state index contributed by atoms with van der Waals surface area (Å²) >= 11 is 0. The van der Waals surface area contributed by atoms with Gasteiger partial charge in [-0.1, -0.05) is 25.1 Å². The van der Waals surface area contributed by atoms with Crippen molar-refractivity contribution in [3.05, 3.63) is 52.7 Å². The number of nitrogens with one attached hydrogen (secondary N) is 2. The zero-order valence-electron chi connectivity index (χ0n) is 17.0. The Kier molecular flexibility index (Phi) is 5.84. The minimum atomic E-state index is -0.402. The van der Waals surface area contributed by atoms with Gasteiger partial charge < -0.3 is 14.5 Å². The molecule has 0 atom stereocenters. The number of hydrogen-bond donors (Lipinski definition) is 2. The second-order valence-electron chi connectivity index (χ2n) is 6.98. The summed E-state index contributed by atoms with van der Waals surface area (Å²) < 4.78 is 5.57. The minimum Gasteiger partial charge on any atom is -0.450 e.